The van der Waals surface area contributed by atoms with E-state index in [0.717, 1.165) is 19.6 Å². The molecule has 0 N–H and O–H groups in total. The molecule has 0 bridgehead atoms. The third-order valence-corrected chi connectivity index (χ3v) is 3.92. The summed E-state index contributed by atoms with van der Waals surface area (Å²) in [7, 11) is 0. The molecule has 116 valence electrons. The van der Waals surface area contributed by atoms with Crippen molar-refractivity contribution >= 4 is 11.6 Å². The summed E-state index contributed by atoms with van der Waals surface area (Å²) in [6, 6.07) is 25.0. The summed E-state index contributed by atoms with van der Waals surface area (Å²) in [6.07, 6.45) is 1.85. The Morgan fingerprint density at radius 2 is 1.17 bits per heavy atom. The van der Waals surface area contributed by atoms with Crippen molar-refractivity contribution < 1.29 is 0 Å². The second-order valence-electron chi connectivity index (χ2n) is 5.61. The van der Waals surface area contributed by atoms with Crippen molar-refractivity contribution in [3.05, 3.63) is 101 Å². The van der Waals surface area contributed by atoms with Gasteiger partial charge in [-0.1, -0.05) is 78.3 Å². The zero-order valence-corrected chi connectivity index (χ0v) is 13.7. The van der Waals surface area contributed by atoms with Crippen LogP contribution in [0.2, 0.25) is 5.15 Å². The van der Waals surface area contributed by atoms with Gasteiger partial charge in [0.15, 0.2) is 0 Å². The van der Waals surface area contributed by atoms with Crippen LogP contribution >= 0.6 is 11.6 Å². The highest BCUT2D eigenvalue weighted by Gasteiger charge is 2.08. The van der Waals surface area contributed by atoms with E-state index in [0.29, 0.717) is 5.15 Å². The summed E-state index contributed by atoms with van der Waals surface area (Å²) < 4.78 is 0. The molecular weight excluding hydrogens is 304 g/mol. The van der Waals surface area contributed by atoms with Crippen LogP contribution < -0.4 is 0 Å². The minimum Gasteiger partial charge on any atom is -0.291 e. The molecule has 1 aromatic heterocycles. The lowest BCUT2D eigenvalue weighted by atomic mass is 10.1. The van der Waals surface area contributed by atoms with Gasteiger partial charge in [-0.15, -0.1) is 0 Å². The van der Waals surface area contributed by atoms with Crippen molar-refractivity contribution in [2.24, 2.45) is 0 Å². The van der Waals surface area contributed by atoms with Crippen LogP contribution in [0.25, 0.3) is 0 Å². The Bertz CT molecular complexity index is 670. The van der Waals surface area contributed by atoms with Crippen LogP contribution in [0.4, 0.5) is 0 Å². The van der Waals surface area contributed by atoms with Gasteiger partial charge in [-0.25, -0.2) is 4.98 Å². The molecule has 3 aromatic rings. The number of hydrogen-bond acceptors (Lipinski definition) is 2. The molecule has 0 spiro atoms. The zero-order valence-electron chi connectivity index (χ0n) is 12.9. The van der Waals surface area contributed by atoms with Gasteiger partial charge in [0, 0.05) is 25.8 Å². The first-order valence-electron chi connectivity index (χ1n) is 7.70. The lowest BCUT2D eigenvalue weighted by molar-refractivity contribution is 0.247. The van der Waals surface area contributed by atoms with Gasteiger partial charge in [0.2, 0.25) is 0 Å². The Morgan fingerprint density at radius 3 is 1.65 bits per heavy atom. The van der Waals surface area contributed by atoms with E-state index in [1.165, 1.54) is 16.7 Å². The average molecular weight is 323 g/mol. The number of aromatic nitrogens is 1. The van der Waals surface area contributed by atoms with Gasteiger partial charge in [0.1, 0.15) is 5.15 Å². The Labute approximate surface area is 142 Å². The molecule has 0 aliphatic carbocycles. The second kappa shape index (κ2) is 7.91. The van der Waals surface area contributed by atoms with Crippen LogP contribution in [-0.2, 0) is 19.6 Å². The van der Waals surface area contributed by atoms with Crippen LogP contribution in [0.3, 0.4) is 0 Å². The maximum atomic E-state index is 5.88. The first-order valence-corrected chi connectivity index (χ1v) is 8.08. The molecule has 0 saturated carbocycles. The molecule has 23 heavy (non-hydrogen) atoms. The van der Waals surface area contributed by atoms with Gasteiger partial charge in [-0.3, -0.25) is 4.90 Å². The summed E-state index contributed by atoms with van der Waals surface area (Å²) in [5, 5.41) is 0.534. The van der Waals surface area contributed by atoms with Crippen LogP contribution in [0.5, 0.6) is 0 Å². The van der Waals surface area contributed by atoms with E-state index >= 15 is 0 Å². The van der Waals surface area contributed by atoms with Gasteiger partial charge in [-0.05, 0) is 22.8 Å². The molecule has 0 radical (unpaired) electrons. The predicted octanol–water partition coefficient (Wildman–Crippen LogP) is 4.94. The van der Waals surface area contributed by atoms with Crippen molar-refractivity contribution in [1.82, 2.24) is 9.88 Å². The fraction of sp³-hybridized carbons (Fsp3) is 0.150. The van der Waals surface area contributed by atoms with E-state index in [9.17, 15) is 0 Å². The Balaban J connectivity index is 1.76. The van der Waals surface area contributed by atoms with E-state index in [4.69, 9.17) is 11.6 Å². The summed E-state index contributed by atoms with van der Waals surface area (Å²) >= 11 is 5.88. The Hall–Kier alpha value is -2.16. The van der Waals surface area contributed by atoms with E-state index in [2.05, 4.69) is 58.4 Å². The zero-order chi connectivity index (χ0) is 15.9. The molecular formula is C20H19ClN2. The molecule has 1 heterocycles. The van der Waals surface area contributed by atoms with E-state index in [1.54, 1.807) is 0 Å². The number of halogens is 1. The fourth-order valence-corrected chi connectivity index (χ4v) is 2.72. The van der Waals surface area contributed by atoms with Crippen molar-refractivity contribution in [2.45, 2.75) is 19.6 Å². The van der Waals surface area contributed by atoms with Crippen molar-refractivity contribution in [2.75, 3.05) is 0 Å². The number of pyridine rings is 1. The van der Waals surface area contributed by atoms with Crippen molar-refractivity contribution in [3.8, 4) is 0 Å². The number of benzene rings is 2. The largest absolute Gasteiger partial charge is 0.291 e. The molecule has 0 fully saturated rings. The van der Waals surface area contributed by atoms with Gasteiger partial charge >= 0.3 is 0 Å². The lowest BCUT2D eigenvalue weighted by Crippen LogP contribution is -2.22. The first-order chi connectivity index (χ1) is 11.3. The van der Waals surface area contributed by atoms with Gasteiger partial charge in [0.05, 0.1) is 0 Å². The van der Waals surface area contributed by atoms with Crippen molar-refractivity contribution in [1.29, 1.82) is 0 Å². The maximum absolute atomic E-state index is 5.88. The summed E-state index contributed by atoms with van der Waals surface area (Å²) in [4.78, 5) is 6.60. The lowest BCUT2D eigenvalue weighted by Gasteiger charge is -2.22. The van der Waals surface area contributed by atoms with Crippen LogP contribution in [0.15, 0.2) is 79.0 Å². The minimum atomic E-state index is 0.534. The van der Waals surface area contributed by atoms with Crippen molar-refractivity contribution in [3.63, 3.8) is 0 Å². The van der Waals surface area contributed by atoms with Crippen LogP contribution in [0, 0.1) is 0 Å². The third kappa shape index (κ3) is 4.92. The Kier molecular flexibility index (Phi) is 5.41. The third-order valence-electron chi connectivity index (χ3n) is 3.69. The van der Waals surface area contributed by atoms with Crippen LogP contribution in [0.1, 0.15) is 16.7 Å². The summed E-state index contributed by atoms with van der Waals surface area (Å²) in [5.74, 6) is 0. The molecule has 0 amide bonds. The summed E-state index contributed by atoms with van der Waals surface area (Å²) in [5.41, 5.74) is 3.79. The highest BCUT2D eigenvalue weighted by atomic mass is 35.5. The minimum absolute atomic E-state index is 0.534. The maximum Gasteiger partial charge on any atom is 0.129 e. The number of nitrogens with zero attached hydrogens (tertiary/aromatic N) is 2. The quantitative estimate of drug-likeness (QED) is 0.598. The topological polar surface area (TPSA) is 16.1 Å². The Morgan fingerprint density at radius 1 is 0.652 bits per heavy atom. The monoisotopic (exact) mass is 322 g/mol. The molecule has 3 heteroatoms. The number of rotatable bonds is 6. The molecule has 0 atom stereocenters. The van der Waals surface area contributed by atoms with Gasteiger partial charge < -0.3 is 0 Å². The SMILES string of the molecule is Clc1ccc(CN(Cc2ccccc2)Cc2ccccc2)cn1. The fourth-order valence-electron chi connectivity index (χ4n) is 2.61. The van der Waals surface area contributed by atoms with Crippen LogP contribution in [-0.4, -0.2) is 9.88 Å². The summed E-state index contributed by atoms with van der Waals surface area (Å²) in [6.45, 7) is 2.64. The molecule has 2 aromatic carbocycles. The highest BCUT2D eigenvalue weighted by molar-refractivity contribution is 6.29. The van der Waals surface area contributed by atoms with E-state index < -0.39 is 0 Å². The first kappa shape index (κ1) is 15.7. The van der Waals surface area contributed by atoms with Gasteiger partial charge in [0.25, 0.3) is 0 Å². The van der Waals surface area contributed by atoms with Gasteiger partial charge in [-0.2, -0.15) is 0 Å². The smallest absolute Gasteiger partial charge is 0.129 e. The standard InChI is InChI=1S/C20H19ClN2/c21-20-12-11-19(13-22-20)16-23(14-17-7-3-1-4-8-17)15-18-9-5-2-6-10-18/h1-13H,14-16H2. The van der Waals surface area contributed by atoms with E-state index in [1.807, 2.05) is 30.5 Å². The highest BCUT2D eigenvalue weighted by Crippen LogP contribution is 2.14. The molecule has 0 saturated heterocycles. The number of hydrogen-bond donors (Lipinski definition) is 0. The molecule has 0 unspecified atom stereocenters. The second-order valence-corrected chi connectivity index (χ2v) is 5.99. The molecule has 2 nitrogen and oxygen atoms in total. The predicted molar refractivity (Wildman–Crippen MR) is 95.1 cm³/mol. The normalized spacial score (nSPS) is 10.9. The average Bonchev–Trinajstić information content (AvgIpc) is 2.59. The molecule has 0 aliphatic heterocycles. The van der Waals surface area contributed by atoms with E-state index in [-0.39, 0.29) is 0 Å². The molecule has 3 rings (SSSR count). The molecule has 0 aliphatic rings.